The van der Waals surface area contributed by atoms with Crippen LogP contribution in [-0.4, -0.2) is 12.0 Å². The summed E-state index contributed by atoms with van der Waals surface area (Å²) in [7, 11) is 1.95. The molecule has 2 rings (SSSR count). The highest BCUT2D eigenvalue weighted by Crippen LogP contribution is 2.27. The van der Waals surface area contributed by atoms with Crippen LogP contribution in [0.2, 0.25) is 0 Å². The summed E-state index contributed by atoms with van der Waals surface area (Å²) in [5, 5.41) is 9.08. The van der Waals surface area contributed by atoms with Crippen LogP contribution in [0.3, 0.4) is 0 Å². The number of benzene rings is 1. The molecule has 1 aromatic carbocycles. The second kappa shape index (κ2) is 4.89. The van der Waals surface area contributed by atoms with Crippen LogP contribution in [0.15, 0.2) is 36.5 Å². The minimum Gasteiger partial charge on any atom is -0.342 e. The van der Waals surface area contributed by atoms with E-state index in [1.165, 1.54) is 11.1 Å². The van der Waals surface area contributed by atoms with E-state index in [1.807, 2.05) is 24.1 Å². The highest BCUT2D eigenvalue weighted by Gasteiger charge is 2.10. The molecule has 18 heavy (non-hydrogen) atoms. The lowest BCUT2D eigenvalue weighted by Gasteiger charge is -2.21. The van der Waals surface area contributed by atoms with E-state index in [0.29, 0.717) is 5.69 Å². The Morgan fingerprint density at radius 1 is 1.17 bits per heavy atom. The maximum atomic E-state index is 9.08. The molecule has 0 saturated heterocycles. The molecule has 2 aromatic rings. The third-order valence-corrected chi connectivity index (χ3v) is 2.85. The summed E-state index contributed by atoms with van der Waals surface area (Å²) in [6, 6.07) is 12.2. The summed E-state index contributed by atoms with van der Waals surface area (Å²) >= 11 is 0. The molecule has 0 saturated carbocycles. The molecule has 0 unspecified atom stereocenters. The molecular weight excluding hydrogens is 222 g/mol. The first-order valence-electron chi connectivity index (χ1n) is 5.79. The summed E-state index contributed by atoms with van der Waals surface area (Å²) in [6.45, 7) is 4.14. The highest BCUT2D eigenvalue weighted by molar-refractivity contribution is 5.67. The van der Waals surface area contributed by atoms with Gasteiger partial charge < -0.3 is 4.90 Å². The monoisotopic (exact) mass is 237 g/mol. The molecule has 1 aromatic heterocycles. The Morgan fingerprint density at radius 2 is 1.83 bits per heavy atom. The summed E-state index contributed by atoms with van der Waals surface area (Å²) in [5.41, 5.74) is 4.75. The number of hydrogen-bond donors (Lipinski definition) is 0. The quantitative estimate of drug-likeness (QED) is 0.804. The molecule has 0 spiro atoms. The van der Waals surface area contributed by atoms with Crippen molar-refractivity contribution in [2.24, 2.45) is 0 Å². The summed E-state index contributed by atoms with van der Waals surface area (Å²) in [6.07, 6.45) is 1.64. The molecule has 0 amide bonds. The molecule has 0 aliphatic rings. The van der Waals surface area contributed by atoms with Gasteiger partial charge in [-0.1, -0.05) is 6.07 Å². The Morgan fingerprint density at radius 3 is 2.44 bits per heavy atom. The van der Waals surface area contributed by atoms with Crippen molar-refractivity contribution < 1.29 is 0 Å². The molecule has 1 heterocycles. The van der Waals surface area contributed by atoms with Gasteiger partial charge in [-0.2, -0.15) is 5.26 Å². The fourth-order valence-electron chi connectivity index (χ4n) is 2.04. The van der Waals surface area contributed by atoms with Crippen molar-refractivity contribution in [3.05, 3.63) is 53.3 Å². The Labute approximate surface area is 107 Å². The zero-order valence-corrected chi connectivity index (χ0v) is 10.8. The average molecular weight is 237 g/mol. The second-order valence-electron chi connectivity index (χ2n) is 4.39. The molecule has 3 heteroatoms. The van der Waals surface area contributed by atoms with Gasteiger partial charge in [-0.05, 0) is 49.2 Å². The van der Waals surface area contributed by atoms with E-state index in [2.05, 4.69) is 43.1 Å². The third kappa shape index (κ3) is 2.33. The molecule has 0 aliphatic heterocycles. The van der Waals surface area contributed by atoms with Crippen molar-refractivity contribution in [3.63, 3.8) is 0 Å². The predicted molar refractivity (Wildman–Crippen MR) is 72.9 cm³/mol. The van der Waals surface area contributed by atoms with E-state index in [-0.39, 0.29) is 0 Å². The number of aryl methyl sites for hydroxylation is 2. The number of rotatable bonds is 2. The molecule has 0 radical (unpaired) electrons. The summed E-state index contributed by atoms with van der Waals surface area (Å²) < 4.78 is 0. The number of nitriles is 1. The number of nitrogens with zero attached hydrogens (tertiary/aromatic N) is 3. The minimum atomic E-state index is 0.444. The van der Waals surface area contributed by atoms with Gasteiger partial charge in [0.25, 0.3) is 0 Å². The fourth-order valence-corrected chi connectivity index (χ4v) is 2.04. The fraction of sp³-hybridized carbons (Fsp3) is 0.200. The van der Waals surface area contributed by atoms with Crippen LogP contribution in [0, 0.1) is 25.2 Å². The van der Waals surface area contributed by atoms with Gasteiger partial charge in [-0.25, -0.2) is 4.98 Å². The lowest BCUT2D eigenvalue weighted by Crippen LogP contribution is -2.12. The number of aromatic nitrogens is 1. The first-order chi connectivity index (χ1) is 8.61. The zero-order chi connectivity index (χ0) is 13.1. The van der Waals surface area contributed by atoms with Crippen molar-refractivity contribution in [2.75, 3.05) is 11.9 Å². The molecule has 0 aliphatic carbocycles. The normalized spacial score (nSPS) is 9.89. The van der Waals surface area contributed by atoms with Gasteiger partial charge >= 0.3 is 0 Å². The lowest BCUT2D eigenvalue weighted by molar-refractivity contribution is 1.14. The van der Waals surface area contributed by atoms with Crippen molar-refractivity contribution in [1.29, 1.82) is 5.26 Å². The van der Waals surface area contributed by atoms with Crippen LogP contribution in [0.1, 0.15) is 16.8 Å². The highest BCUT2D eigenvalue weighted by atomic mass is 15.1. The molecule has 90 valence electrons. The number of anilines is 2. The summed E-state index contributed by atoms with van der Waals surface area (Å²) in [5.74, 6) is 0. The maximum Gasteiger partial charge on any atom is 0.164 e. The van der Waals surface area contributed by atoms with Gasteiger partial charge in [-0.3, -0.25) is 0 Å². The van der Waals surface area contributed by atoms with Crippen molar-refractivity contribution in [1.82, 2.24) is 4.98 Å². The smallest absolute Gasteiger partial charge is 0.164 e. The lowest BCUT2D eigenvalue weighted by atomic mass is 10.1. The van der Waals surface area contributed by atoms with Crippen molar-refractivity contribution >= 4 is 11.4 Å². The average Bonchev–Trinajstić information content (AvgIpc) is 2.36. The predicted octanol–water partition coefficient (Wildman–Crippen LogP) is 3.34. The maximum absolute atomic E-state index is 9.08. The van der Waals surface area contributed by atoms with Gasteiger partial charge in [0.2, 0.25) is 0 Å². The molecule has 0 atom stereocenters. The molecule has 3 nitrogen and oxygen atoms in total. The van der Waals surface area contributed by atoms with Crippen LogP contribution in [-0.2, 0) is 0 Å². The minimum absolute atomic E-state index is 0.444. The van der Waals surface area contributed by atoms with Crippen LogP contribution < -0.4 is 4.90 Å². The van der Waals surface area contributed by atoms with Gasteiger partial charge in [0.15, 0.2) is 5.69 Å². The van der Waals surface area contributed by atoms with Gasteiger partial charge in [-0.15, -0.1) is 0 Å². The molecule has 0 N–H and O–H groups in total. The van der Waals surface area contributed by atoms with E-state index >= 15 is 0 Å². The van der Waals surface area contributed by atoms with Crippen molar-refractivity contribution in [3.8, 4) is 6.07 Å². The first-order valence-corrected chi connectivity index (χ1v) is 5.79. The standard InChI is InChI=1S/C15H15N3/c1-11-7-12(2)9-13(8-11)18(3)15-5-4-6-17-14(15)10-16/h4-9H,1-3H3. The molecule has 0 bridgehead atoms. The van der Waals surface area contributed by atoms with Crippen LogP contribution in [0.4, 0.5) is 11.4 Å². The van der Waals surface area contributed by atoms with E-state index in [4.69, 9.17) is 5.26 Å². The van der Waals surface area contributed by atoms with Crippen LogP contribution in [0.25, 0.3) is 0 Å². The van der Waals surface area contributed by atoms with Crippen LogP contribution >= 0.6 is 0 Å². The van der Waals surface area contributed by atoms with Crippen molar-refractivity contribution in [2.45, 2.75) is 13.8 Å². The Bertz CT molecular complexity index is 591. The zero-order valence-electron chi connectivity index (χ0n) is 10.8. The molecular formula is C15H15N3. The van der Waals surface area contributed by atoms with E-state index < -0.39 is 0 Å². The van der Waals surface area contributed by atoms with Gasteiger partial charge in [0.05, 0.1) is 5.69 Å². The van der Waals surface area contributed by atoms with Gasteiger partial charge in [0.1, 0.15) is 6.07 Å². The Kier molecular flexibility index (Phi) is 3.29. The second-order valence-corrected chi connectivity index (χ2v) is 4.39. The van der Waals surface area contributed by atoms with Gasteiger partial charge in [0, 0.05) is 18.9 Å². The SMILES string of the molecule is Cc1cc(C)cc(N(C)c2cccnc2C#N)c1. The number of hydrogen-bond acceptors (Lipinski definition) is 3. The topological polar surface area (TPSA) is 39.9 Å². The van der Waals surface area contributed by atoms with E-state index in [9.17, 15) is 0 Å². The first kappa shape index (κ1) is 12.1. The van der Waals surface area contributed by atoms with Crippen LogP contribution in [0.5, 0.6) is 0 Å². The third-order valence-electron chi connectivity index (χ3n) is 2.85. The summed E-state index contributed by atoms with van der Waals surface area (Å²) in [4.78, 5) is 6.08. The van der Waals surface area contributed by atoms with E-state index in [1.54, 1.807) is 6.20 Å². The largest absolute Gasteiger partial charge is 0.342 e. The Hall–Kier alpha value is -2.34. The number of pyridine rings is 1. The Balaban J connectivity index is 2.48. The molecule has 0 fully saturated rings. The van der Waals surface area contributed by atoms with E-state index in [0.717, 1.165) is 11.4 Å².